The number of piperidine rings is 1. The number of nitrogens with one attached hydrogen (secondary N) is 1. The number of hydrogen-bond donors (Lipinski definition) is 1. The molecule has 1 atom stereocenters. The Labute approximate surface area is 181 Å². The van der Waals surface area contributed by atoms with Crippen molar-refractivity contribution in [2.75, 3.05) is 18.5 Å². The summed E-state index contributed by atoms with van der Waals surface area (Å²) < 4.78 is 11.3. The fraction of sp³-hybridized carbons (Fsp3) is 0.360. The summed E-state index contributed by atoms with van der Waals surface area (Å²) in [5.74, 6) is 0.398. The highest BCUT2D eigenvalue weighted by Crippen LogP contribution is 2.41. The molecule has 6 nitrogen and oxygen atoms in total. The Morgan fingerprint density at radius 1 is 1.19 bits per heavy atom. The number of carbonyl (C=O) groups excluding carboxylic acids is 2. The van der Waals surface area contributed by atoms with Gasteiger partial charge in [0, 0.05) is 28.9 Å². The van der Waals surface area contributed by atoms with Crippen LogP contribution in [0.15, 0.2) is 42.5 Å². The van der Waals surface area contributed by atoms with Crippen LogP contribution in [0, 0.1) is 0 Å². The number of rotatable bonds is 4. The molecule has 31 heavy (non-hydrogen) atoms. The molecule has 2 aromatic rings. The van der Waals surface area contributed by atoms with E-state index in [-0.39, 0.29) is 17.9 Å². The first kappa shape index (κ1) is 19.8. The predicted octanol–water partition coefficient (Wildman–Crippen LogP) is 3.95. The van der Waals surface area contributed by atoms with Crippen LogP contribution in [0.3, 0.4) is 0 Å². The average Bonchev–Trinajstić information content (AvgIpc) is 3.33. The fourth-order valence-electron chi connectivity index (χ4n) is 4.78. The fourth-order valence-corrected chi connectivity index (χ4v) is 4.78. The van der Waals surface area contributed by atoms with Crippen LogP contribution in [0.2, 0.25) is 0 Å². The maximum Gasteiger partial charge on any atom is 0.323 e. The monoisotopic (exact) mass is 418 g/mol. The highest BCUT2D eigenvalue weighted by atomic mass is 16.5. The summed E-state index contributed by atoms with van der Waals surface area (Å²) in [6.07, 6.45) is 2.99. The van der Waals surface area contributed by atoms with Crippen LogP contribution in [-0.2, 0) is 32.2 Å². The molecule has 3 heterocycles. The molecule has 3 aliphatic rings. The molecule has 5 rings (SSSR count). The summed E-state index contributed by atoms with van der Waals surface area (Å²) in [4.78, 5) is 27.2. The van der Waals surface area contributed by atoms with E-state index in [2.05, 4.69) is 22.3 Å². The van der Waals surface area contributed by atoms with Crippen LogP contribution in [0.1, 0.15) is 48.4 Å². The first-order chi connectivity index (χ1) is 15.2. The first-order valence-corrected chi connectivity index (χ1v) is 11.0. The van der Waals surface area contributed by atoms with Crippen molar-refractivity contribution >= 4 is 28.9 Å². The molecule has 1 amide bonds. The van der Waals surface area contributed by atoms with E-state index in [0.29, 0.717) is 31.1 Å². The number of nitrogens with zero attached hydrogens (tertiary/aromatic N) is 1. The highest BCUT2D eigenvalue weighted by Gasteiger charge is 2.33. The van der Waals surface area contributed by atoms with E-state index in [4.69, 9.17) is 9.47 Å². The molecule has 160 valence electrons. The van der Waals surface area contributed by atoms with Crippen molar-refractivity contribution in [3.8, 4) is 0 Å². The van der Waals surface area contributed by atoms with E-state index in [9.17, 15) is 9.59 Å². The zero-order valence-electron chi connectivity index (χ0n) is 17.6. The number of benzene rings is 2. The van der Waals surface area contributed by atoms with Crippen molar-refractivity contribution in [3.05, 3.63) is 64.7 Å². The average molecular weight is 418 g/mol. The molecule has 0 saturated carbocycles. The number of amides is 1. The van der Waals surface area contributed by atoms with Crippen LogP contribution >= 0.6 is 0 Å². The molecule has 0 aliphatic carbocycles. The van der Waals surface area contributed by atoms with Gasteiger partial charge in [0.1, 0.15) is 18.4 Å². The number of para-hydroxylation sites is 1. The molecule has 6 heteroatoms. The molecular weight excluding hydrogens is 392 g/mol. The standard InChI is InChI=1S/C25H26N2O4/c1-2-30-25(29)21-9-5-6-12-27(21)14-16-10-11-18-17(13-16)15-31-23(18)22-19-7-3-4-8-20(19)26-24(22)28/h3-4,7-8,10-11,13,21H,2,5-6,9,12,14-15H2,1H3,(H,26,28). The van der Waals surface area contributed by atoms with Gasteiger partial charge in [-0.15, -0.1) is 0 Å². The van der Waals surface area contributed by atoms with E-state index >= 15 is 0 Å². The Bertz CT molecular complexity index is 1070. The summed E-state index contributed by atoms with van der Waals surface area (Å²) >= 11 is 0. The number of fused-ring (bicyclic) bond motifs is 2. The van der Waals surface area contributed by atoms with Crippen molar-refractivity contribution in [2.45, 2.75) is 45.4 Å². The number of likely N-dealkylation sites (tertiary alicyclic amines) is 1. The number of ether oxygens (including phenoxy) is 2. The van der Waals surface area contributed by atoms with Gasteiger partial charge in [-0.2, -0.15) is 0 Å². The lowest BCUT2D eigenvalue weighted by atomic mass is 9.97. The van der Waals surface area contributed by atoms with Gasteiger partial charge in [-0.1, -0.05) is 42.8 Å². The summed E-state index contributed by atoms with van der Waals surface area (Å²) in [5.41, 5.74) is 5.47. The number of anilines is 1. The molecular formula is C25H26N2O4. The molecule has 0 bridgehead atoms. The molecule has 0 radical (unpaired) electrons. The minimum atomic E-state index is -0.172. The summed E-state index contributed by atoms with van der Waals surface area (Å²) in [6.45, 7) is 4.29. The molecule has 3 aliphatic heterocycles. The Morgan fingerprint density at radius 3 is 2.94 bits per heavy atom. The summed E-state index contributed by atoms with van der Waals surface area (Å²) in [5, 5.41) is 2.92. The third-order valence-corrected chi connectivity index (χ3v) is 6.24. The summed E-state index contributed by atoms with van der Waals surface area (Å²) in [6, 6.07) is 13.8. The maximum atomic E-state index is 12.6. The van der Waals surface area contributed by atoms with Crippen LogP contribution in [-0.4, -0.2) is 36.0 Å². The number of hydrogen-bond acceptors (Lipinski definition) is 5. The van der Waals surface area contributed by atoms with Crippen LogP contribution in [0.25, 0.3) is 11.3 Å². The van der Waals surface area contributed by atoms with Gasteiger partial charge in [0.2, 0.25) is 0 Å². The molecule has 2 aromatic carbocycles. The van der Waals surface area contributed by atoms with E-state index in [1.807, 2.05) is 37.3 Å². The van der Waals surface area contributed by atoms with Gasteiger partial charge in [-0.3, -0.25) is 14.5 Å². The van der Waals surface area contributed by atoms with Crippen LogP contribution < -0.4 is 5.32 Å². The van der Waals surface area contributed by atoms with Gasteiger partial charge >= 0.3 is 5.97 Å². The zero-order valence-corrected chi connectivity index (χ0v) is 17.6. The van der Waals surface area contributed by atoms with Gasteiger partial charge in [0.25, 0.3) is 5.91 Å². The smallest absolute Gasteiger partial charge is 0.323 e. The minimum absolute atomic E-state index is 0.121. The maximum absolute atomic E-state index is 12.6. The Kier molecular flexibility index (Phi) is 5.24. The molecule has 1 fully saturated rings. The van der Waals surface area contributed by atoms with Crippen molar-refractivity contribution in [1.82, 2.24) is 4.90 Å². The van der Waals surface area contributed by atoms with Crippen LogP contribution in [0.4, 0.5) is 5.69 Å². The SMILES string of the molecule is CCOC(=O)C1CCCCN1Cc1ccc2c(c1)COC2=C1C(=O)Nc2ccccc21. The molecule has 0 spiro atoms. The van der Waals surface area contributed by atoms with E-state index < -0.39 is 0 Å². The predicted molar refractivity (Wildman–Crippen MR) is 118 cm³/mol. The minimum Gasteiger partial charge on any atom is -0.487 e. The highest BCUT2D eigenvalue weighted by molar-refractivity contribution is 6.36. The molecule has 1 unspecified atom stereocenters. The zero-order chi connectivity index (χ0) is 21.4. The van der Waals surface area contributed by atoms with Crippen molar-refractivity contribution < 1.29 is 19.1 Å². The van der Waals surface area contributed by atoms with Crippen LogP contribution in [0.5, 0.6) is 0 Å². The molecule has 0 aromatic heterocycles. The second-order valence-corrected chi connectivity index (χ2v) is 8.22. The number of carbonyl (C=O) groups is 2. The van der Waals surface area contributed by atoms with Crippen molar-refractivity contribution in [2.24, 2.45) is 0 Å². The molecule has 1 N–H and O–H groups in total. The van der Waals surface area contributed by atoms with Gasteiger partial charge in [0.05, 0.1) is 12.2 Å². The third kappa shape index (κ3) is 3.61. The Balaban J connectivity index is 1.41. The lowest BCUT2D eigenvalue weighted by Gasteiger charge is -2.34. The Morgan fingerprint density at radius 2 is 2.06 bits per heavy atom. The largest absolute Gasteiger partial charge is 0.487 e. The van der Waals surface area contributed by atoms with E-state index in [0.717, 1.165) is 53.7 Å². The van der Waals surface area contributed by atoms with Gasteiger partial charge in [-0.25, -0.2) is 0 Å². The first-order valence-electron chi connectivity index (χ1n) is 11.0. The Hall–Kier alpha value is -3.12. The normalized spacial score (nSPS) is 22.5. The van der Waals surface area contributed by atoms with Crippen molar-refractivity contribution in [1.29, 1.82) is 0 Å². The van der Waals surface area contributed by atoms with E-state index in [1.165, 1.54) is 0 Å². The molecule has 1 saturated heterocycles. The lowest BCUT2D eigenvalue weighted by molar-refractivity contribution is -0.151. The number of esters is 1. The van der Waals surface area contributed by atoms with Gasteiger partial charge in [-0.05, 0) is 37.9 Å². The second kappa shape index (κ2) is 8.19. The van der Waals surface area contributed by atoms with Gasteiger partial charge < -0.3 is 14.8 Å². The quantitative estimate of drug-likeness (QED) is 0.601. The lowest BCUT2D eigenvalue weighted by Crippen LogP contribution is -2.44. The third-order valence-electron chi connectivity index (χ3n) is 6.24. The second-order valence-electron chi connectivity index (χ2n) is 8.22. The topological polar surface area (TPSA) is 67.9 Å². The van der Waals surface area contributed by atoms with E-state index in [1.54, 1.807) is 0 Å². The van der Waals surface area contributed by atoms with Crippen molar-refractivity contribution in [3.63, 3.8) is 0 Å². The van der Waals surface area contributed by atoms with Gasteiger partial charge in [0.15, 0.2) is 0 Å². The summed E-state index contributed by atoms with van der Waals surface area (Å²) in [7, 11) is 0.